The number of aromatic carboxylic acids is 1. The van der Waals surface area contributed by atoms with Crippen LogP contribution in [0.3, 0.4) is 0 Å². The number of hydrogen-bond donors (Lipinski definition) is 3. The van der Waals surface area contributed by atoms with Crippen molar-refractivity contribution in [2.45, 2.75) is 20.3 Å². The number of methoxy groups -OCH3 is 1. The maximum Gasteiger partial charge on any atom is 0.345 e. The molecular weight excluding hydrogens is 286 g/mol. The molecule has 0 fully saturated rings. The zero-order valence-electron chi connectivity index (χ0n) is 12.6. The summed E-state index contributed by atoms with van der Waals surface area (Å²) in [4.78, 5) is 25.6. The average Bonchev–Trinajstić information content (AvgIpc) is 2.46. The van der Waals surface area contributed by atoms with Gasteiger partial charge >= 0.3 is 5.97 Å². The lowest BCUT2D eigenvalue weighted by Crippen LogP contribution is -2.20. The Hall–Kier alpha value is -2.76. The highest BCUT2D eigenvalue weighted by Gasteiger charge is 2.22. The standard InChI is InChI=1S/C16H17NO5/c1-4-10-13(11-6-5-9(22-3)7-8(11)2)17-15(19)12(14(10)18)16(20)21/h5-7H,4H2,1-3H3,(H,20,21)(H2,17,18,19). The molecule has 0 bridgehead atoms. The molecule has 0 saturated heterocycles. The Balaban J connectivity index is 2.76. The quantitative estimate of drug-likeness (QED) is 0.805. The normalized spacial score (nSPS) is 10.5. The van der Waals surface area contributed by atoms with Crippen molar-refractivity contribution in [1.82, 2.24) is 4.98 Å². The fraction of sp³-hybridized carbons (Fsp3) is 0.250. The van der Waals surface area contributed by atoms with Crippen LogP contribution >= 0.6 is 0 Å². The molecular formula is C16H17NO5. The minimum Gasteiger partial charge on any atom is -0.506 e. The van der Waals surface area contributed by atoms with Crippen molar-refractivity contribution in [3.63, 3.8) is 0 Å². The molecule has 2 aromatic rings. The molecule has 0 saturated carbocycles. The summed E-state index contributed by atoms with van der Waals surface area (Å²) in [5.74, 6) is -1.26. The highest BCUT2D eigenvalue weighted by atomic mass is 16.5. The van der Waals surface area contributed by atoms with Gasteiger partial charge in [-0.05, 0) is 37.1 Å². The fourth-order valence-corrected chi connectivity index (χ4v) is 2.44. The van der Waals surface area contributed by atoms with E-state index in [4.69, 9.17) is 9.84 Å². The Morgan fingerprint density at radius 1 is 1.36 bits per heavy atom. The number of hydrogen-bond acceptors (Lipinski definition) is 4. The molecule has 0 spiro atoms. The molecule has 0 aliphatic carbocycles. The molecule has 3 N–H and O–H groups in total. The van der Waals surface area contributed by atoms with Gasteiger partial charge < -0.3 is 19.9 Å². The number of nitrogens with one attached hydrogen (secondary N) is 1. The van der Waals surface area contributed by atoms with Gasteiger partial charge in [-0.25, -0.2) is 4.79 Å². The number of rotatable bonds is 4. The van der Waals surface area contributed by atoms with E-state index in [1.807, 2.05) is 6.92 Å². The number of carboxylic acids is 1. The van der Waals surface area contributed by atoms with Crippen LogP contribution < -0.4 is 10.3 Å². The third-order valence-electron chi connectivity index (χ3n) is 3.56. The number of aromatic hydroxyl groups is 1. The van der Waals surface area contributed by atoms with Gasteiger partial charge in [0.2, 0.25) is 0 Å². The summed E-state index contributed by atoms with van der Waals surface area (Å²) >= 11 is 0. The average molecular weight is 303 g/mol. The van der Waals surface area contributed by atoms with E-state index in [-0.39, 0.29) is 0 Å². The highest BCUT2D eigenvalue weighted by Crippen LogP contribution is 2.32. The first kappa shape index (κ1) is 15.6. The van der Waals surface area contributed by atoms with Gasteiger partial charge in [0.15, 0.2) is 5.56 Å². The van der Waals surface area contributed by atoms with Crippen LogP contribution in [-0.2, 0) is 6.42 Å². The Morgan fingerprint density at radius 2 is 2.05 bits per heavy atom. The zero-order valence-corrected chi connectivity index (χ0v) is 12.6. The van der Waals surface area contributed by atoms with Crippen LogP contribution in [0.1, 0.15) is 28.4 Å². The number of ether oxygens (including phenoxy) is 1. The molecule has 0 atom stereocenters. The van der Waals surface area contributed by atoms with Crippen LogP contribution in [0.25, 0.3) is 11.3 Å². The summed E-state index contributed by atoms with van der Waals surface area (Å²) in [5.41, 5.74) is 0.911. The van der Waals surface area contributed by atoms with Crippen molar-refractivity contribution in [3.8, 4) is 22.8 Å². The smallest absolute Gasteiger partial charge is 0.345 e. The molecule has 116 valence electrons. The van der Waals surface area contributed by atoms with Gasteiger partial charge in [-0.3, -0.25) is 4.79 Å². The van der Waals surface area contributed by atoms with E-state index in [9.17, 15) is 14.7 Å². The van der Waals surface area contributed by atoms with Gasteiger partial charge in [0.05, 0.1) is 12.8 Å². The summed E-state index contributed by atoms with van der Waals surface area (Å²) < 4.78 is 5.14. The summed E-state index contributed by atoms with van der Waals surface area (Å²) in [6.45, 7) is 3.62. The number of aromatic nitrogens is 1. The molecule has 0 aliphatic heterocycles. The molecule has 2 rings (SSSR count). The van der Waals surface area contributed by atoms with Crippen LogP contribution in [0.2, 0.25) is 0 Å². The number of pyridine rings is 1. The van der Waals surface area contributed by atoms with Gasteiger partial charge in [-0.1, -0.05) is 6.92 Å². The topological polar surface area (TPSA) is 99.6 Å². The molecule has 0 unspecified atom stereocenters. The van der Waals surface area contributed by atoms with Crippen molar-refractivity contribution in [3.05, 3.63) is 45.2 Å². The second-order valence-corrected chi connectivity index (χ2v) is 4.87. The van der Waals surface area contributed by atoms with E-state index in [1.165, 1.54) is 0 Å². The van der Waals surface area contributed by atoms with Crippen molar-refractivity contribution < 1.29 is 19.7 Å². The SMILES string of the molecule is CCc1c(-c2ccc(OC)cc2C)[nH]c(=O)c(C(=O)O)c1O. The van der Waals surface area contributed by atoms with Crippen LogP contribution in [0.5, 0.6) is 11.5 Å². The number of aryl methyl sites for hydroxylation is 1. The first-order valence-electron chi connectivity index (χ1n) is 6.77. The van der Waals surface area contributed by atoms with Crippen LogP contribution in [0.4, 0.5) is 0 Å². The Kier molecular flexibility index (Phi) is 4.21. The summed E-state index contributed by atoms with van der Waals surface area (Å²) in [7, 11) is 1.56. The van der Waals surface area contributed by atoms with Gasteiger partial charge in [-0.2, -0.15) is 0 Å². The van der Waals surface area contributed by atoms with Crippen LogP contribution in [0, 0.1) is 6.92 Å². The monoisotopic (exact) mass is 303 g/mol. The maximum atomic E-state index is 12.0. The Labute approximate surface area is 127 Å². The fourth-order valence-electron chi connectivity index (χ4n) is 2.44. The third kappa shape index (κ3) is 2.55. The van der Waals surface area contributed by atoms with Crippen molar-refractivity contribution in [1.29, 1.82) is 0 Å². The van der Waals surface area contributed by atoms with E-state index in [2.05, 4.69) is 4.98 Å². The van der Waals surface area contributed by atoms with E-state index in [0.717, 1.165) is 5.56 Å². The predicted octanol–water partition coefficient (Wildman–Crippen LogP) is 2.33. The third-order valence-corrected chi connectivity index (χ3v) is 3.56. The number of carbonyl (C=O) groups is 1. The lowest BCUT2D eigenvalue weighted by molar-refractivity contribution is 0.0691. The van der Waals surface area contributed by atoms with Crippen molar-refractivity contribution >= 4 is 5.97 Å². The zero-order chi connectivity index (χ0) is 16.4. The minimum absolute atomic E-state index is 0.379. The molecule has 0 radical (unpaired) electrons. The summed E-state index contributed by atoms with van der Waals surface area (Å²) in [6, 6.07) is 5.30. The molecule has 6 nitrogen and oxygen atoms in total. The Morgan fingerprint density at radius 3 is 2.55 bits per heavy atom. The molecule has 6 heteroatoms. The maximum absolute atomic E-state index is 12.0. The van der Waals surface area contributed by atoms with Gasteiger partial charge in [0.25, 0.3) is 5.56 Å². The molecule has 0 amide bonds. The molecule has 1 aromatic carbocycles. The Bertz CT molecular complexity index is 792. The lowest BCUT2D eigenvalue weighted by atomic mass is 9.97. The number of benzene rings is 1. The highest BCUT2D eigenvalue weighted by molar-refractivity contribution is 5.92. The second-order valence-electron chi connectivity index (χ2n) is 4.87. The van der Waals surface area contributed by atoms with Crippen LogP contribution in [-0.4, -0.2) is 28.3 Å². The largest absolute Gasteiger partial charge is 0.506 e. The second kappa shape index (κ2) is 5.93. The number of aromatic amines is 1. The van der Waals surface area contributed by atoms with E-state index >= 15 is 0 Å². The van der Waals surface area contributed by atoms with E-state index < -0.39 is 22.8 Å². The van der Waals surface area contributed by atoms with Crippen molar-refractivity contribution in [2.24, 2.45) is 0 Å². The molecule has 22 heavy (non-hydrogen) atoms. The number of carboxylic acid groups (broad SMARTS) is 1. The van der Waals surface area contributed by atoms with Crippen molar-refractivity contribution in [2.75, 3.05) is 7.11 Å². The molecule has 1 aromatic heterocycles. The van der Waals surface area contributed by atoms with E-state index in [0.29, 0.717) is 29.0 Å². The molecule has 1 heterocycles. The van der Waals surface area contributed by atoms with Gasteiger partial charge in [0, 0.05) is 11.1 Å². The molecule has 0 aliphatic rings. The number of H-pyrrole nitrogens is 1. The summed E-state index contributed by atoms with van der Waals surface area (Å²) in [5, 5.41) is 19.2. The first-order valence-corrected chi connectivity index (χ1v) is 6.77. The summed E-state index contributed by atoms with van der Waals surface area (Å²) in [6.07, 6.45) is 0.379. The lowest BCUT2D eigenvalue weighted by Gasteiger charge is -2.14. The van der Waals surface area contributed by atoms with E-state index in [1.54, 1.807) is 32.2 Å². The van der Waals surface area contributed by atoms with Crippen LogP contribution in [0.15, 0.2) is 23.0 Å². The minimum atomic E-state index is -1.45. The van der Waals surface area contributed by atoms with Gasteiger partial charge in [0.1, 0.15) is 11.5 Å². The predicted molar refractivity (Wildman–Crippen MR) is 81.8 cm³/mol. The van der Waals surface area contributed by atoms with Gasteiger partial charge in [-0.15, -0.1) is 0 Å². The first-order chi connectivity index (χ1) is 10.4.